The lowest BCUT2D eigenvalue weighted by Crippen LogP contribution is -2.33. The molecule has 2 aromatic carbocycles. The molecule has 158 valence electrons. The minimum Gasteiger partial charge on any atom is -0.490 e. The molecule has 0 aliphatic rings. The fourth-order valence-electron chi connectivity index (χ4n) is 2.53. The summed E-state index contributed by atoms with van der Waals surface area (Å²) < 4.78 is 30.9. The highest BCUT2D eigenvalue weighted by Crippen LogP contribution is 2.30. The maximum absolute atomic E-state index is 12.1. The average molecular weight is 480 g/mol. The summed E-state index contributed by atoms with van der Waals surface area (Å²) in [5, 5.41) is 3.86. The van der Waals surface area contributed by atoms with Gasteiger partial charge in [0.15, 0.2) is 0 Å². The van der Waals surface area contributed by atoms with Crippen LogP contribution in [-0.2, 0) is 14.8 Å². The lowest BCUT2D eigenvalue weighted by Gasteiger charge is -2.23. The fourth-order valence-corrected chi connectivity index (χ4v) is 4.26. The highest BCUT2D eigenvalue weighted by atomic mass is 35.5. The predicted molar refractivity (Wildman–Crippen MR) is 118 cm³/mol. The molecule has 10 heteroatoms. The van der Waals surface area contributed by atoms with E-state index in [1.54, 1.807) is 30.3 Å². The summed E-state index contributed by atoms with van der Waals surface area (Å²) in [5.74, 6) is 0.343. The van der Waals surface area contributed by atoms with Gasteiger partial charge in [0.05, 0.1) is 28.5 Å². The van der Waals surface area contributed by atoms with E-state index in [-0.39, 0.29) is 30.5 Å². The Morgan fingerprint density at radius 2 is 1.83 bits per heavy atom. The van der Waals surface area contributed by atoms with Crippen LogP contribution in [0.4, 0.5) is 5.69 Å². The van der Waals surface area contributed by atoms with Crippen LogP contribution in [0.5, 0.6) is 5.75 Å². The van der Waals surface area contributed by atoms with Crippen LogP contribution >= 0.6 is 34.8 Å². The molecule has 0 bridgehead atoms. The number of hydrogen-bond donors (Lipinski definition) is 1. The Morgan fingerprint density at radius 1 is 1.10 bits per heavy atom. The van der Waals surface area contributed by atoms with Crippen molar-refractivity contribution in [2.24, 2.45) is 0 Å². The summed E-state index contributed by atoms with van der Waals surface area (Å²) in [4.78, 5) is 12.0. The van der Waals surface area contributed by atoms with Crippen molar-refractivity contribution in [3.05, 3.63) is 57.5 Å². The van der Waals surface area contributed by atoms with Crippen LogP contribution in [0.1, 0.15) is 12.8 Å². The van der Waals surface area contributed by atoms with Gasteiger partial charge in [-0.15, -0.1) is 0 Å². The summed E-state index contributed by atoms with van der Waals surface area (Å²) in [6, 6.07) is 11.6. The Labute approximate surface area is 185 Å². The van der Waals surface area contributed by atoms with E-state index in [2.05, 4.69) is 5.32 Å². The number of amides is 1. The first-order valence-electron chi connectivity index (χ1n) is 8.75. The van der Waals surface area contributed by atoms with Gasteiger partial charge in [-0.3, -0.25) is 9.10 Å². The van der Waals surface area contributed by atoms with Crippen molar-refractivity contribution >= 4 is 56.4 Å². The Kier molecular flexibility index (Phi) is 8.89. The van der Waals surface area contributed by atoms with Crippen LogP contribution < -0.4 is 14.4 Å². The van der Waals surface area contributed by atoms with Crippen molar-refractivity contribution in [3.63, 3.8) is 0 Å². The molecule has 29 heavy (non-hydrogen) atoms. The third-order valence-electron chi connectivity index (χ3n) is 3.86. The molecule has 0 spiro atoms. The molecule has 0 saturated carbocycles. The number of halogens is 3. The van der Waals surface area contributed by atoms with E-state index in [0.29, 0.717) is 34.4 Å². The number of anilines is 1. The minimum absolute atomic E-state index is 0.115. The summed E-state index contributed by atoms with van der Waals surface area (Å²) in [6.45, 7) is 0.692. The first-order chi connectivity index (χ1) is 13.7. The van der Waals surface area contributed by atoms with Crippen LogP contribution in [0.25, 0.3) is 0 Å². The molecule has 2 aromatic rings. The second-order valence-corrected chi connectivity index (χ2v) is 9.32. The van der Waals surface area contributed by atoms with Crippen molar-refractivity contribution < 1.29 is 17.9 Å². The van der Waals surface area contributed by atoms with Gasteiger partial charge in [-0.1, -0.05) is 46.9 Å². The highest BCUT2D eigenvalue weighted by molar-refractivity contribution is 7.92. The monoisotopic (exact) mass is 478 g/mol. The highest BCUT2D eigenvalue weighted by Gasteiger charge is 2.20. The summed E-state index contributed by atoms with van der Waals surface area (Å²) in [6.07, 6.45) is 1.57. The molecular weight excluding hydrogens is 459 g/mol. The molecule has 0 fully saturated rings. The van der Waals surface area contributed by atoms with E-state index in [9.17, 15) is 13.2 Å². The Bertz CT molecular complexity index is 954. The zero-order valence-electron chi connectivity index (χ0n) is 15.7. The zero-order chi connectivity index (χ0) is 21.4. The maximum atomic E-state index is 12.1. The molecule has 1 N–H and O–H groups in total. The van der Waals surface area contributed by atoms with E-state index in [1.165, 1.54) is 16.4 Å². The summed E-state index contributed by atoms with van der Waals surface area (Å²) in [5.41, 5.74) is 0.326. The maximum Gasteiger partial charge on any atom is 0.232 e. The topological polar surface area (TPSA) is 75.7 Å². The Morgan fingerprint density at radius 3 is 2.48 bits per heavy atom. The van der Waals surface area contributed by atoms with Gasteiger partial charge in [0.1, 0.15) is 12.4 Å². The van der Waals surface area contributed by atoms with Crippen LogP contribution in [0, 0.1) is 0 Å². The van der Waals surface area contributed by atoms with E-state index in [0.717, 1.165) is 6.26 Å². The molecule has 0 aliphatic carbocycles. The smallest absolute Gasteiger partial charge is 0.232 e. The van der Waals surface area contributed by atoms with Gasteiger partial charge in [-0.2, -0.15) is 0 Å². The van der Waals surface area contributed by atoms with Crippen molar-refractivity contribution in [2.75, 3.05) is 30.3 Å². The van der Waals surface area contributed by atoms with Gasteiger partial charge in [-0.25, -0.2) is 8.42 Å². The lowest BCUT2D eigenvalue weighted by molar-refractivity contribution is -0.121. The van der Waals surface area contributed by atoms with Crippen LogP contribution in [0.3, 0.4) is 0 Å². The van der Waals surface area contributed by atoms with E-state index < -0.39 is 10.0 Å². The number of carbonyl (C=O) groups is 1. The molecule has 0 radical (unpaired) electrons. The van der Waals surface area contributed by atoms with Crippen molar-refractivity contribution in [1.29, 1.82) is 0 Å². The molecule has 0 unspecified atom stereocenters. The molecule has 0 saturated heterocycles. The van der Waals surface area contributed by atoms with Crippen LogP contribution in [0.15, 0.2) is 42.5 Å². The van der Waals surface area contributed by atoms with Gasteiger partial charge in [0.2, 0.25) is 15.9 Å². The predicted octanol–water partition coefficient (Wildman–Crippen LogP) is 4.39. The van der Waals surface area contributed by atoms with Crippen LogP contribution in [0.2, 0.25) is 15.1 Å². The first-order valence-corrected chi connectivity index (χ1v) is 11.7. The number of sulfonamides is 1. The molecule has 0 aliphatic heterocycles. The molecule has 6 nitrogen and oxygen atoms in total. The van der Waals surface area contributed by atoms with Gasteiger partial charge in [0.25, 0.3) is 0 Å². The Balaban J connectivity index is 1.80. The lowest BCUT2D eigenvalue weighted by atomic mass is 10.2. The first kappa shape index (κ1) is 23.6. The second-order valence-electron chi connectivity index (χ2n) is 6.16. The molecule has 2 rings (SSSR count). The molecule has 0 heterocycles. The zero-order valence-corrected chi connectivity index (χ0v) is 18.8. The number of carbonyl (C=O) groups excluding carboxylic acids is 1. The van der Waals surface area contributed by atoms with Crippen molar-refractivity contribution in [2.45, 2.75) is 12.8 Å². The normalized spacial score (nSPS) is 11.2. The third kappa shape index (κ3) is 7.59. The van der Waals surface area contributed by atoms with Crippen molar-refractivity contribution in [3.8, 4) is 5.75 Å². The minimum atomic E-state index is -3.57. The number of rotatable bonds is 10. The third-order valence-corrected chi connectivity index (χ3v) is 5.89. The van der Waals surface area contributed by atoms with Crippen LogP contribution in [-0.4, -0.2) is 40.3 Å². The Hall–Kier alpha value is -1.67. The van der Waals surface area contributed by atoms with E-state index in [4.69, 9.17) is 39.5 Å². The molecule has 0 aromatic heterocycles. The SMILES string of the molecule is CS(=O)(=O)N(CCCC(=O)NCCOc1ccccc1Cl)c1ccc(Cl)cc1Cl. The number of hydrogen-bond acceptors (Lipinski definition) is 4. The fraction of sp³-hybridized carbons (Fsp3) is 0.316. The standard InChI is InChI=1S/C19H21Cl3N2O4S/c1-29(26,27)24(17-9-8-14(20)13-16(17)22)11-4-7-19(25)23-10-12-28-18-6-3-2-5-15(18)21/h2-3,5-6,8-9,13H,4,7,10-12H2,1H3,(H,23,25). The second kappa shape index (κ2) is 10.9. The molecule has 0 atom stereocenters. The van der Waals surface area contributed by atoms with Gasteiger partial charge in [0, 0.05) is 18.0 Å². The van der Waals surface area contributed by atoms with Gasteiger partial charge >= 0.3 is 0 Å². The molecular formula is C19H21Cl3N2O4S. The van der Waals surface area contributed by atoms with Crippen molar-refractivity contribution in [1.82, 2.24) is 5.32 Å². The summed E-state index contributed by atoms with van der Waals surface area (Å²) >= 11 is 18.0. The number of nitrogens with zero attached hydrogens (tertiary/aromatic N) is 1. The van der Waals surface area contributed by atoms with E-state index in [1.807, 2.05) is 0 Å². The number of nitrogens with one attached hydrogen (secondary N) is 1. The number of para-hydroxylation sites is 1. The average Bonchev–Trinajstić information content (AvgIpc) is 2.63. The largest absolute Gasteiger partial charge is 0.490 e. The van der Waals surface area contributed by atoms with Gasteiger partial charge in [-0.05, 0) is 36.8 Å². The number of benzene rings is 2. The number of ether oxygens (including phenoxy) is 1. The molecule has 1 amide bonds. The van der Waals surface area contributed by atoms with Gasteiger partial charge < -0.3 is 10.1 Å². The van der Waals surface area contributed by atoms with E-state index >= 15 is 0 Å². The summed E-state index contributed by atoms with van der Waals surface area (Å²) in [7, 11) is -3.57. The quantitative estimate of drug-likeness (QED) is 0.513.